The maximum Gasteiger partial charge on any atom is 0.408 e. The molecule has 2 atom stereocenters. The van der Waals surface area contributed by atoms with Crippen molar-refractivity contribution >= 4 is 58.0 Å². The number of carbonyl (C=O) groups is 3. The predicted octanol–water partition coefficient (Wildman–Crippen LogP) is 5.20. The Kier molecular flexibility index (Phi) is 13.5. The van der Waals surface area contributed by atoms with Crippen molar-refractivity contribution in [3.05, 3.63) is 24.0 Å². The fourth-order valence-corrected chi connectivity index (χ4v) is 4.69. The molecular weight excluding hydrogens is 571 g/mol. The molecule has 1 amide bonds. The maximum absolute atomic E-state index is 13.3. The summed E-state index contributed by atoms with van der Waals surface area (Å²) < 4.78 is 18.0. The summed E-state index contributed by atoms with van der Waals surface area (Å²) in [7, 11) is 1.90. The van der Waals surface area contributed by atoms with E-state index < -0.39 is 35.8 Å². The summed E-state index contributed by atoms with van der Waals surface area (Å²) in [5, 5.41) is 2.62. The number of imidazole rings is 1. The van der Waals surface area contributed by atoms with Crippen molar-refractivity contribution in [2.75, 3.05) is 36.4 Å². The predicted molar refractivity (Wildman–Crippen MR) is 162 cm³/mol. The van der Waals surface area contributed by atoms with Gasteiger partial charge in [-0.1, -0.05) is 13.8 Å². The Bertz CT molecular complexity index is 1160. The molecule has 1 aromatic carbocycles. The van der Waals surface area contributed by atoms with Crippen LogP contribution >= 0.6 is 23.2 Å². The highest BCUT2D eigenvalue weighted by molar-refractivity contribution is 6.18. The number of halogens is 2. The van der Waals surface area contributed by atoms with Gasteiger partial charge in [-0.25, -0.2) is 19.4 Å². The van der Waals surface area contributed by atoms with Crippen LogP contribution in [-0.2, 0) is 37.3 Å². The first kappa shape index (κ1) is 34.5. The molecule has 0 saturated carbocycles. The number of alkyl halides is 2. The van der Waals surface area contributed by atoms with Crippen LogP contribution in [0.4, 0.5) is 10.5 Å². The van der Waals surface area contributed by atoms with Crippen molar-refractivity contribution in [3.63, 3.8) is 0 Å². The second-order valence-electron chi connectivity index (χ2n) is 11.2. The molecule has 41 heavy (non-hydrogen) atoms. The number of carbonyl (C=O) groups excluding carboxylic acids is 3. The Balaban J connectivity index is 2.29. The average molecular weight is 616 g/mol. The molecule has 0 aliphatic carbocycles. The summed E-state index contributed by atoms with van der Waals surface area (Å²) >= 11 is 12.0. The number of benzene rings is 1. The number of anilines is 1. The van der Waals surface area contributed by atoms with E-state index in [0.29, 0.717) is 43.5 Å². The minimum absolute atomic E-state index is 0.0733. The third-order valence-corrected chi connectivity index (χ3v) is 6.49. The second kappa shape index (κ2) is 16.1. The summed E-state index contributed by atoms with van der Waals surface area (Å²) in [5.74, 6) is 0.371. The lowest BCUT2D eigenvalue weighted by Gasteiger charge is -2.25. The molecule has 0 fully saturated rings. The number of fused-ring (bicyclic) bond motifs is 1. The molecular formula is C29H44Cl2N4O6. The number of hydrogen-bond acceptors (Lipinski definition) is 8. The van der Waals surface area contributed by atoms with Crippen LogP contribution in [0.1, 0.15) is 60.2 Å². The first-order valence-electron chi connectivity index (χ1n) is 14.0. The van der Waals surface area contributed by atoms with E-state index in [-0.39, 0.29) is 18.9 Å². The average Bonchev–Trinajstić information content (AvgIpc) is 3.19. The fourth-order valence-electron chi connectivity index (χ4n) is 4.28. The highest BCUT2D eigenvalue weighted by Crippen LogP contribution is 2.24. The fraction of sp³-hybridized carbons (Fsp3) is 0.655. The molecule has 0 unspecified atom stereocenters. The summed E-state index contributed by atoms with van der Waals surface area (Å²) in [5.41, 5.74) is 1.90. The van der Waals surface area contributed by atoms with Gasteiger partial charge in [-0.15, -0.1) is 23.2 Å². The van der Waals surface area contributed by atoms with Crippen molar-refractivity contribution in [3.8, 4) is 0 Å². The van der Waals surface area contributed by atoms with Crippen molar-refractivity contribution in [1.29, 1.82) is 0 Å². The van der Waals surface area contributed by atoms with Gasteiger partial charge in [-0.3, -0.25) is 0 Å². The third-order valence-electron chi connectivity index (χ3n) is 6.16. The minimum Gasteiger partial charge on any atom is -0.463 e. The van der Waals surface area contributed by atoms with Crippen LogP contribution in [0.25, 0.3) is 11.0 Å². The van der Waals surface area contributed by atoms with E-state index in [1.165, 1.54) is 0 Å². The van der Waals surface area contributed by atoms with Gasteiger partial charge in [0.2, 0.25) is 0 Å². The quantitative estimate of drug-likeness (QED) is 0.165. The van der Waals surface area contributed by atoms with E-state index >= 15 is 0 Å². The summed E-state index contributed by atoms with van der Waals surface area (Å²) in [6, 6.07) is 4.89. The molecule has 0 spiro atoms. The van der Waals surface area contributed by atoms with Crippen LogP contribution in [0.15, 0.2) is 18.2 Å². The van der Waals surface area contributed by atoms with E-state index in [0.717, 1.165) is 16.7 Å². The van der Waals surface area contributed by atoms with Crippen LogP contribution in [-0.4, -0.2) is 76.8 Å². The first-order chi connectivity index (χ1) is 19.3. The number of nitrogens with zero attached hydrogens (tertiary/aromatic N) is 3. The first-order valence-corrected chi connectivity index (χ1v) is 15.0. The van der Waals surface area contributed by atoms with Gasteiger partial charge in [0.15, 0.2) is 6.10 Å². The van der Waals surface area contributed by atoms with Crippen molar-refractivity contribution in [2.45, 2.75) is 78.6 Å². The standard InChI is InChI=1S/C29H44Cl2N4O6/c1-8-39-27(37)24(17-19(2)3)40-26(36)21(33-28(38)41-29(4,5)6)10-12-25-32-22-18-20(9-11-23(22)34(25)7)35(15-13-30)16-14-31/h9,11,18-19,21,24H,8,10,12-17H2,1-7H3,(H,33,38)/t21-,24+/m1/s1. The normalized spacial score (nSPS) is 13.1. The van der Waals surface area contributed by atoms with Gasteiger partial charge in [0.1, 0.15) is 17.5 Å². The molecule has 0 saturated heterocycles. The second-order valence-corrected chi connectivity index (χ2v) is 11.9. The molecule has 12 heteroatoms. The number of hydrogen-bond donors (Lipinski definition) is 1. The maximum atomic E-state index is 13.3. The van der Waals surface area contributed by atoms with Crippen molar-refractivity contribution in [2.24, 2.45) is 13.0 Å². The lowest BCUT2D eigenvalue weighted by atomic mass is 10.1. The Labute approximate surface area is 253 Å². The van der Waals surface area contributed by atoms with Crippen molar-refractivity contribution < 1.29 is 28.6 Å². The number of aryl methyl sites for hydroxylation is 2. The summed E-state index contributed by atoms with van der Waals surface area (Å²) in [6.07, 6.45) is -1.03. The Morgan fingerprint density at radius 1 is 1.10 bits per heavy atom. The lowest BCUT2D eigenvalue weighted by molar-refractivity contribution is -0.170. The number of ether oxygens (including phenoxy) is 3. The van der Waals surface area contributed by atoms with E-state index in [9.17, 15) is 14.4 Å². The van der Waals surface area contributed by atoms with Gasteiger partial charge in [0.05, 0.1) is 17.6 Å². The van der Waals surface area contributed by atoms with Gasteiger partial charge in [-0.05, 0) is 64.7 Å². The van der Waals surface area contributed by atoms with E-state index in [1.54, 1.807) is 27.7 Å². The van der Waals surface area contributed by atoms with E-state index in [2.05, 4.69) is 10.2 Å². The molecule has 230 valence electrons. The molecule has 1 aromatic heterocycles. The Morgan fingerprint density at radius 3 is 2.32 bits per heavy atom. The van der Waals surface area contributed by atoms with Crippen LogP contribution in [0, 0.1) is 5.92 Å². The van der Waals surface area contributed by atoms with Gasteiger partial charge < -0.3 is 29.0 Å². The van der Waals surface area contributed by atoms with Gasteiger partial charge >= 0.3 is 18.0 Å². The SMILES string of the molecule is CCOC(=O)[C@H](CC(C)C)OC(=O)[C@@H](CCc1nc2cc(N(CCCl)CCCl)ccc2n1C)NC(=O)OC(C)(C)C. The highest BCUT2D eigenvalue weighted by Gasteiger charge is 2.31. The Hall–Kier alpha value is -2.72. The number of alkyl carbamates (subject to hydrolysis) is 1. The smallest absolute Gasteiger partial charge is 0.408 e. The lowest BCUT2D eigenvalue weighted by Crippen LogP contribution is -2.46. The topological polar surface area (TPSA) is 112 Å². The summed E-state index contributed by atoms with van der Waals surface area (Å²) in [4.78, 5) is 45.3. The monoisotopic (exact) mass is 614 g/mol. The zero-order valence-electron chi connectivity index (χ0n) is 25.2. The number of aromatic nitrogens is 2. The largest absolute Gasteiger partial charge is 0.463 e. The zero-order valence-corrected chi connectivity index (χ0v) is 26.7. The summed E-state index contributed by atoms with van der Waals surface area (Å²) in [6.45, 7) is 12.2. The van der Waals surface area contributed by atoms with Crippen molar-refractivity contribution in [1.82, 2.24) is 14.9 Å². The van der Waals surface area contributed by atoms with Crippen LogP contribution in [0.3, 0.4) is 0 Å². The molecule has 0 radical (unpaired) electrons. The molecule has 2 rings (SSSR count). The van der Waals surface area contributed by atoms with Crippen LogP contribution in [0.5, 0.6) is 0 Å². The molecule has 1 N–H and O–H groups in total. The zero-order chi connectivity index (χ0) is 30.7. The molecule has 0 bridgehead atoms. The molecule has 10 nitrogen and oxygen atoms in total. The van der Waals surface area contributed by atoms with E-state index in [4.69, 9.17) is 42.4 Å². The molecule has 1 heterocycles. The third kappa shape index (κ3) is 10.9. The van der Waals surface area contributed by atoms with E-state index in [1.807, 2.05) is 43.7 Å². The minimum atomic E-state index is -1.08. The van der Waals surface area contributed by atoms with Gasteiger partial charge in [-0.2, -0.15) is 0 Å². The molecule has 0 aliphatic rings. The molecule has 0 aliphatic heterocycles. The number of amides is 1. The van der Waals surface area contributed by atoms with Gasteiger partial charge in [0, 0.05) is 44.0 Å². The van der Waals surface area contributed by atoms with Gasteiger partial charge in [0.25, 0.3) is 0 Å². The van der Waals surface area contributed by atoms with Crippen LogP contribution < -0.4 is 10.2 Å². The molecule has 2 aromatic rings. The highest BCUT2D eigenvalue weighted by atomic mass is 35.5. The number of nitrogens with one attached hydrogen (secondary N) is 1. The van der Waals surface area contributed by atoms with Crippen LogP contribution in [0.2, 0.25) is 0 Å². The number of rotatable bonds is 15. The Morgan fingerprint density at radius 2 is 1.76 bits per heavy atom. The number of esters is 2.